The fourth-order valence-corrected chi connectivity index (χ4v) is 2.39. The van der Waals surface area contributed by atoms with Gasteiger partial charge in [0.15, 0.2) is 0 Å². The van der Waals surface area contributed by atoms with Crippen LogP contribution in [-0.2, 0) is 6.54 Å². The maximum Gasteiger partial charge on any atom is 0.109 e. The number of nitrogens with one attached hydrogen (secondary N) is 2. The molecule has 0 spiro atoms. The summed E-state index contributed by atoms with van der Waals surface area (Å²) in [6.07, 6.45) is 5.93. The SMILES string of the molecule is CCNCc1cnc(C2CCC(C)C2)[nH]1. The Kier molecular flexibility index (Phi) is 3.41. The van der Waals surface area contributed by atoms with Gasteiger partial charge in [-0.2, -0.15) is 0 Å². The zero-order valence-corrected chi connectivity index (χ0v) is 9.71. The highest BCUT2D eigenvalue weighted by molar-refractivity contribution is 5.07. The third-order valence-electron chi connectivity index (χ3n) is 3.30. The van der Waals surface area contributed by atoms with Crippen molar-refractivity contribution in [2.75, 3.05) is 6.54 Å². The quantitative estimate of drug-likeness (QED) is 0.796. The number of imidazole rings is 1. The predicted molar refractivity (Wildman–Crippen MR) is 61.7 cm³/mol. The molecule has 0 aromatic carbocycles. The van der Waals surface area contributed by atoms with Crippen molar-refractivity contribution in [2.45, 2.75) is 45.6 Å². The van der Waals surface area contributed by atoms with Crippen LogP contribution in [0.15, 0.2) is 6.20 Å². The number of aromatic amines is 1. The largest absolute Gasteiger partial charge is 0.345 e. The molecule has 1 aliphatic carbocycles. The van der Waals surface area contributed by atoms with Gasteiger partial charge in [-0.25, -0.2) is 4.98 Å². The third kappa shape index (κ3) is 2.59. The number of nitrogens with zero attached hydrogens (tertiary/aromatic N) is 1. The second-order valence-electron chi connectivity index (χ2n) is 4.69. The smallest absolute Gasteiger partial charge is 0.109 e. The van der Waals surface area contributed by atoms with Gasteiger partial charge >= 0.3 is 0 Å². The minimum Gasteiger partial charge on any atom is -0.345 e. The number of hydrogen-bond acceptors (Lipinski definition) is 2. The molecule has 1 aliphatic rings. The van der Waals surface area contributed by atoms with Crippen molar-refractivity contribution in [3.8, 4) is 0 Å². The minimum atomic E-state index is 0.676. The van der Waals surface area contributed by atoms with Crippen LogP contribution in [-0.4, -0.2) is 16.5 Å². The van der Waals surface area contributed by atoms with Crippen molar-refractivity contribution in [2.24, 2.45) is 5.92 Å². The van der Waals surface area contributed by atoms with Gasteiger partial charge in [0, 0.05) is 24.4 Å². The minimum absolute atomic E-state index is 0.676. The first-order valence-corrected chi connectivity index (χ1v) is 6.04. The second kappa shape index (κ2) is 4.79. The summed E-state index contributed by atoms with van der Waals surface area (Å²) in [5, 5.41) is 3.31. The molecule has 1 aromatic rings. The van der Waals surface area contributed by atoms with Crippen LogP contribution in [0.5, 0.6) is 0 Å². The Balaban J connectivity index is 1.94. The summed E-state index contributed by atoms with van der Waals surface area (Å²) in [5.41, 5.74) is 1.21. The summed E-state index contributed by atoms with van der Waals surface area (Å²) in [4.78, 5) is 7.93. The molecular formula is C12H21N3. The fourth-order valence-electron chi connectivity index (χ4n) is 2.39. The van der Waals surface area contributed by atoms with Gasteiger partial charge in [0.1, 0.15) is 5.82 Å². The monoisotopic (exact) mass is 207 g/mol. The molecule has 15 heavy (non-hydrogen) atoms. The Morgan fingerprint density at radius 1 is 1.53 bits per heavy atom. The van der Waals surface area contributed by atoms with Crippen LogP contribution in [0.25, 0.3) is 0 Å². The average Bonchev–Trinajstić information content (AvgIpc) is 2.83. The van der Waals surface area contributed by atoms with E-state index in [1.54, 1.807) is 0 Å². The molecule has 2 atom stereocenters. The van der Waals surface area contributed by atoms with Gasteiger partial charge in [-0.1, -0.05) is 13.8 Å². The van der Waals surface area contributed by atoms with Crippen LogP contribution in [0.4, 0.5) is 0 Å². The van der Waals surface area contributed by atoms with Gasteiger partial charge in [-0.05, 0) is 31.7 Å². The van der Waals surface area contributed by atoms with E-state index in [2.05, 4.69) is 29.1 Å². The predicted octanol–water partition coefficient (Wildman–Crippen LogP) is 2.42. The molecule has 84 valence electrons. The lowest BCUT2D eigenvalue weighted by Crippen LogP contribution is -2.12. The molecular weight excluding hydrogens is 186 g/mol. The Bertz CT molecular complexity index is 306. The third-order valence-corrected chi connectivity index (χ3v) is 3.30. The Morgan fingerprint density at radius 2 is 2.40 bits per heavy atom. The van der Waals surface area contributed by atoms with Crippen molar-refractivity contribution in [3.05, 3.63) is 17.7 Å². The van der Waals surface area contributed by atoms with Gasteiger partial charge in [-0.3, -0.25) is 0 Å². The fraction of sp³-hybridized carbons (Fsp3) is 0.750. The van der Waals surface area contributed by atoms with Crippen molar-refractivity contribution in [1.82, 2.24) is 15.3 Å². The van der Waals surface area contributed by atoms with E-state index in [4.69, 9.17) is 0 Å². The average molecular weight is 207 g/mol. The van der Waals surface area contributed by atoms with Crippen LogP contribution >= 0.6 is 0 Å². The first kappa shape index (κ1) is 10.7. The van der Waals surface area contributed by atoms with Crippen LogP contribution in [0.3, 0.4) is 0 Å². The molecule has 1 fully saturated rings. The van der Waals surface area contributed by atoms with Crippen molar-refractivity contribution in [1.29, 1.82) is 0 Å². The summed E-state index contributed by atoms with van der Waals surface area (Å²) < 4.78 is 0. The number of H-pyrrole nitrogens is 1. The molecule has 3 nitrogen and oxygen atoms in total. The van der Waals surface area contributed by atoms with Crippen LogP contribution in [0, 0.1) is 5.92 Å². The molecule has 2 rings (SSSR count). The van der Waals surface area contributed by atoms with E-state index >= 15 is 0 Å². The van der Waals surface area contributed by atoms with Crippen LogP contribution < -0.4 is 5.32 Å². The van der Waals surface area contributed by atoms with Gasteiger partial charge in [0.25, 0.3) is 0 Å². The summed E-state index contributed by atoms with van der Waals surface area (Å²) in [6, 6.07) is 0. The molecule has 1 heterocycles. The van der Waals surface area contributed by atoms with E-state index in [1.807, 2.05) is 6.20 Å². The topological polar surface area (TPSA) is 40.7 Å². The molecule has 0 radical (unpaired) electrons. The molecule has 0 saturated heterocycles. The lowest BCUT2D eigenvalue weighted by Gasteiger charge is -2.05. The zero-order valence-electron chi connectivity index (χ0n) is 9.71. The van der Waals surface area contributed by atoms with Crippen molar-refractivity contribution < 1.29 is 0 Å². The normalized spacial score (nSPS) is 26.0. The summed E-state index contributed by atoms with van der Waals surface area (Å²) in [6.45, 7) is 6.37. The Morgan fingerprint density at radius 3 is 3.07 bits per heavy atom. The second-order valence-corrected chi connectivity index (χ2v) is 4.69. The van der Waals surface area contributed by atoms with Crippen LogP contribution in [0.2, 0.25) is 0 Å². The van der Waals surface area contributed by atoms with Gasteiger partial charge in [0.05, 0.1) is 0 Å². The maximum absolute atomic E-state index is 4.49. The van der Waals surface area contributed by atoms with Gasteiger partial charge in [0.2, 0.25) is 0 Å². The van der Waals surface area contributed by atoms with E-state index in [9.17, 15) is 0 Å². The van der Waals surface area contributed by atoms with E-state index in [1.165, 1.54) is 30.8 Å². The molecule has 1 saturated carbocycles. The molecule has 0 amide bonds. The molecule has 1 aromatic heterocycles. The summed E-state index contributed by atoms with van der Waals surface area (Å²) in [5.74, 6) is 2.75. The highest BCUT2D eigenvalue weighted by atomic mass is 15.0. The zero-order chi connectivity index (χ0) is 10.7. The van der Waals surface area contributed by atoms with Crippen molar-refractivity contribution >= 4 is 0 Å². The van der Waals surface area contributed by atoms with E-state index in [0.717, 1.165) is 19.0 Å². The van der Waals surface area contributed by atoms with E-state index in [-0.39, 0.29) is 0 Å². The summed E-state index contributed by atoms with van der Waals surface area (Å²) >= 11 is 0. The molecule has 3 heteroatoms. The van der Waals surface area contributed by atoms with E-state index < -0.39 is 0 Å². The highest BCUT2D eigenvalue weighted by Crippen LogP contribution is 2.36. The van der Waals surface area contributed by atoms with Gasteiger partial charge < -0.3 is 10.3 Å². The van der Waals surface area contributed by atoms with Gasteiger partial charge in [-0.15, -0.1) is 0 Å². The standard InChI is InChI=1S/C12H21N3/c1-3-13-7-11-8-14-12(15-11)10-5-4-9(2)6-10/h8-10,13H,3-7H2,1-2H3,(H,14,15). The number of hydrogen-bond donors (Lipinski definition) is 2. The lowest BCUT2D eigenvalue weighted by atomic mass is 10.1. The van der Waals surface area contributed by atoms with Crippen molar-refractivity contribution in [3.63, 3.8) is 0 Å². The lowest BCUT2D eigenvalue weighted by molar-refractivity contribution is 0.587. The number of rotatable bonds is 4. The molecule has 0 bridgehead atoms. The number of aromatic nitrogens is 2. The Labute approximate surface area is 91.7 Å². The molecule has 0 aliphatic heterocycles. The first-order chi connectivity index (χ1) is 7.29. The highest BCUT2D eigenvalue weighted by Gasteiger charge is 2.24. The van der Waals surface area contributed by atoms with Crippen LogP contribution in [0.1, 0.15) is 50.5 Å². The maximum atomic E-state index is 4.49. The first-order valence-electron chi connectivity index (χ1n) is 6.04. The molecule has 2 unspecified atom stereocenters. The molecule has 2 N–H and O–H groups in total. The van der Waals surface area contributed by atoms with E-state index in [0.29, 0.717) is 5.92 Å². The summed E-state index contributed by atoms with van der Waals surface area (Å²) in [7, 11) is 0. The Hall–Kier alpha value is -0.830.